The molecule has 2 N–H and O–H groups in total. The number of rotatable bonds is 8. The third-order valence-corrected chi connectivity index (χ3v) is 2.69. The zero-order valence-corrected chi connectivity index (χ0v) is 11.0. The van der Waals surface area contributed by atoms with Gasteiger partial charge in [0.05, 0.1) is 7.11 Å². The van der Waals surface area contributed by atoms with Crippen LogP contribution < -0.4 is 14.8 Å². The highest BCUT2D eigenvalue weighted by Crippen LogP contribution is 2.31. The van der Waals surface area contributed by atoms with E-state index >= 15 is 0 Å². The molecule has 6 heteroatoms. The maximum atomic E-state index is 12.2. The van der Waals surface area contributed by atoms with Gasteiger partial charge in [0, 0.05) is 12.6 Å². The molecule has 0 aromatic heterocycles. The van der Waals surface area contributed by atoms with Crippen LogP contribution in [-0.2, 0) is 0 Å². The van der Waals surface area contributed by atoms with Crippen LogP contribution in [0.4, 0.5) is 8.78 Å². The molecule has 1 atom stereocenters. The molecule has 1 aromatic rings. The van der Waals surface area contributed by atoms with Gasteiger partial charge < -0.3 is 19.9 Å². The summed E-state index contributed by atoms with van der Waals surface area (Å²) in [5.74, 6) is 0.289. The molecular formula is C13H19F2NO3. The van der Waals surface area contributed by atoms with Gasteiger partial charge in [-0.1, -0.05) is 6.07 Å². The van der Waals surface area contributed by atoms with Gasteiger partial charge in [0.15, 0.2) is 11.5 Å². The maximum Gasteiger partial charge on any atom is 0.387 e. The number of halogens is 2. The lowest BCUT2D eigenvalue weighted by Crippen LogP contribution is -2.20. The van der Waals surface area contributed by atoms with Crippen LogP contribution in [0.15, 0.2) is 18.2 Å². The van der Waals surface area contributed by atoms with E-state index in [0.29, 0.717) is 13.0 Å². The molecule has 0 heterocycles. The van der Waals surface area contributed by atoms with Gasteiger partial charge in [0.2, 0.25) is 0 Å². The number of hydrogen-bond donors (Lipinski definition) is 2. The molecule has 0 saturated heterocycles. The van der Waals surface area contributed by atoms with Crippen molar-refractivity contribution in [3.05, 3.63) is 23.8 Å². The molecule has 19 heavy (non-hydrogen) atoms. The molecule has 108 valence electrons. The fraction of sp³-hybridized carbons (Fsp3) is 0.538. The third kappa shape index (κ3) is 5.00. The number of hydrogen-bond acceptors (Lipinski definition) is 4. The lowest BCUT2D eigenvalue weighted by Gasteiger charge is -2.16. The molecule has 0 saturated carbocycles. The van der Waals surface area contributed by atoms with Crippen LogP contribution in [0.25, 0.3) is 0 Å². The van der Waals surface area contributed by atoms with Gasteiger partial charge in [0.25, 0.3) is 0 Å². The van der Waals surface area contributed by atoms with Crippen molar-refractivity contribution in [2.45, 2.75) is 26.0 Å². The second-order valence-corrected chi connectivity index (χ2v) is 4.04. The van der Waals surface area contributed by atoms with Gasteiger partial charge in [-0.3, -0.25) is 0 Å². The minimum atomic E-state index is -2.88. The Morgan fingerprint density at radius 3 is 2.63 bits per heavy atom. The van der Waals surface area contributed by atoms with Crippen molar-refractivity contribution in [2.75, 3.05) is 20.3 Å². The van der Waals surface area contributed by atoms with Gasteiger partial charge in [-0.15, -0.1) is 0 Å². The molecule has 0 bridgehead atoms. The number of aliphatic hydroxyl groups excluding tert-OH is 1. The summed E-state index contributed by atoms with van der Waals surface area (Å²) in [6, 6.07) is 4.86. The second-order valence-electron chi connectivity index (χ2n) is 4.04. The van der Waals surface area contributed by atoms with Gasteiger partial charge >= 0.3 is 6.61 Å². The second kappa shape index (κ2) is 7.91. The van der Waals surface area contributed by atoms with Gasteiger partial charge in [-0.25, -0.2) is 0 Å². The van der Waals surface area contributed by atoms with Gasteiger partial charge in [-0.2, -0.15) is 8.78 Å². The van der Waals surface area contributed by atoms with Crippen LogP contribution in [0, 0.1) is 0 Å². The van der Waals surface area contributed by atoms with Crippen molar-refractivity contribution in [1.82, 2.24) is 5.32 Å². The Bertz CT molecular complexity index is 388. The minimum absolute atomic E-state index is 0.0174. The Balaban J connectivity index is 2.75. The van der Waals surface area contributed by atoms with E-state index < -0.39 is 6.61 Å². The molecule has 0 aliphatic rings. The zero-order valence-electron chi connectivity index (χ0n) is 11.0. The van der Waals surface area contributed by atoms with Crippen molar-refractivity contribution in [2.24, 2.45) is 0 Å². The normalized spacial score (nSPS) is 12.5. The topological polar surface area (TPSA) is 50.7 Å². The molecule has 0 amide bonds. The fourth-order valence-corrected chi connectivity index (χ4v) is 1.66. The first-order valence-corrected chi connectivity index (χ1v) is 6.05. The Labute approximate surface area is 111 Å². The highest BCUT2D eigenvalue weighted by atomic mass is 19.3. The van der Waals surface area contributed by atoms with Gasteiger partial charge in [0.1, 0.15) is 0 Å². The molecule has 0 spiro atoms. The SMILES string of the molecule is COc1cc(C(C)NCCCO)ccc1OC(F)F. The average Bonchev–Trinajstić information content (AvgIpc) is 2.38. The molecule has 0 aliphatic carbocycles. The molecule has 1 aromatic carbocycles. The van der Waals surface area contributed by atoms with E-state index in [0.717, 1.165) is 5.56 Å². The smallest absolute Gasteiger partial charge is 0.387 e. The summed E-state index contributed by atoms with van der Waals surface area (Å²) in [7, 11) is 1.40. The minimum Gasteiger partial charge on any atom is -0.493 e. The Kier molecular flexibility index (Phi) is 6.52. The number of benzene rings is 1. The van der Waals surface area contributed by atoms with Crippen LogP contribution >= 0.6 is 0 Å². The third-order valence-electron chi connectivity index (χ3n) is 2.69. The standard InChI is InChI=1S/C13H19F2NO3/c1-9(16-6-3-7-17)10-4-5-11(19-13(14)15)12(8-10)18-2/h4-5,8-9,13,16-17H,3,6-7H2,1-2H3. The van der Waals surface area contributed by atoms with Crippen molar-refractivity contribution in [3.63, 3.8) is 0 Å². The van der Waals surface area contributed by atoms with E-state index in [1.807, 2.05) is 6.92 Å². The van der Waals surface area contributed by atoms with E-state index in [2.05, 4.69) is 10.1 Å². The number of ether oxygens (including phenoxy) is 2. The first-order chi connectivity index (χ1) is 9.08. The lowest BCUT2D eigenvalue weighted by molar-refractivity contribution is -0.0512. The molecule has 0 fully saturated rings. The predicted molar refractivity (Wildman–Crippen MR) is 67.7 cm³/mol. The summed E-state index contributed by atoms with van der Waals surface area (Å²) in [5, 5.41) is 11.9. The quantitative estimate of drug-likeness (QED) is 0.715. The zero-order chi connectivity index (χ0) is 14.3. The summed E-state index contributed by atoms with van der Waals surface area (Å²) in [6.07, 6.45) is 0.661. The van der Waals surface area contributed by atoms with Crippen LogP contribution in [-0.4, -0.2) is 32.0 Å². The number of nitrogens with one attached hydrogen (secondary N) is 1. The van der Waals surface area contributed by atoms with Crippen LogP contribution in [0.1, 0.15) is 24.9 Å². The first-order valence-electron chi connectivity index (χ1n) is 6.05. The molecular weight excluding hydrogens is 256 g/mol. The molecule has 1 rings (SSSR count). The highest BCUT2D eigenvalue weighted by Gasteiger charge is 2.13. The van der Waals surface area contributed by atoms with Crippen molar-refractivity contribution >= 4 is 0 Å². The maximum absolute atomic E-state index is 12.2. The van der Waals surface area contributed by atoms with Crippen LogP contribution in [0.3, 0.4) is 0 Å². The largest absolute Gasteiger partial charge is 0.493 e. The number of aliphatic hydroxyl groups is 1. The van der Waals surface area contributed by atoms with Gasteiger partial charge in [-0.05, 0) is 37.6 Å². The monoisotopic (exact) mass is 275 g/mol. The Morgan fingerprint density at radius 2 is 2.05 bits per heavy atom. The summed E-state index contributed by atoms with van der Waals surface area (Å²) in [4.78, 5) is 0. The summed E-state index contributed by atoms with van der Waals surface area (Å²) < 4.78 is 33.8. The van der Waals surface area contributed by atoms with E-state index in [9.17, 15) is 8.78 Å². The summed E-state index contributed by atoms with van der Waals surface area (Å²) in [5.41, 5.74) is 0.899. The highest BCUT2D eigenvalue weighted by molar-refractivity contribution is 5.43. The van der Waals surface area contributed by atoms with E-state index in [1.54, 1.807) is 12.1 Å². The van der Waals surface area contributed by atoms with E-state index in [4.69, 9.17) is 9.84 Å². The van der Waals surface area contributed by atoms with Crippen LogP contribution in [0.2, 0.25) is 0 Å². The number of alkyl halides is 2. The van der Waals surface area contributed by atoms with E-state index in [1.165, 1.54) is 13.2 Å². The Hall–Kier alpha value is -1.40. The number of methoxy groups -OCH3 is 1. The fourth-order valence-electron chi connectivity index (χ4n) is 1.66. The molecule has 4 nitrogen and oxygen atoms in total. The summed E-state index contributed by atoms with van der Waals surface area (Å²) >= 11 is 0. The van der Waals surface area contributed by atoms with Crippen molar-refractivity contribution in [3.8, 4) is 11.5 Å². The first kappa shape index (κ1) is 15.7. The molecule has 0 aliphatic heterocycles. The van der Waals surface area contributed by atoms with E-state index in [-0.39, 0.29) is 24.1 Å². The summed E-state index contributed by atoms with van der Waals surface area (Å²) in [6.45, 7) is -0.126. The molecule has 1 unspecified atom stereocenters. The lowest BCUT2D eigenvalue weighted by atomic mass is 10.1. The predicted octanol–water partition coefficient (Wildman–Crippen LogP) is 2.33. The van der Waals surface area contributed by atoms with Crippen LogP contribution in [0.5, 0.6) is 11.5 Å². The van der Waals surface area contributed by atoms with Crippen molar-refractivity contribution in [1.29, 1.82) is 0 Å². The molecule has 0 radical (unpaired) electrons. The average molecular weight is 275 g/mol. The Morgan fingerprint density at radius 1 is 1.32 bits per heavy atom. The van der Waals surface area contributed by atoms with Crippen molar-refractivity contribution < 1.29 is 23.4 Å².